The standard InChI is InChI=1S/C19H35N5O2/c1-15(2)18-16(14-24(5)22-18)13-23(4)19(20-3)21-9-6-10-26-17-7-11-25-12-8-17/h14-15,17H,6-13H2,1-5H3,(H,20,21). The Balaban J connectivity index is 1.73. The molecule has 1 N–H and O–H groups in total. The van der Waals surface area contributed by atoms with Crippen LogP contribution in [0.3, 0.4) is 0 Å². The molecular weight excluding hydrogens is 330 g/mol. The van der Waals surface area contributed by atoms with Gasteiger partial charge in [0.25, 0.3) is 0 Å². The molecule has 0 unspecified atom stereocenters. The highest BCUT2D eigenvalue weighted by Crippen LogP contribution is 2.18. The number of ether oxygens (including phenoxy) is 2. The summed E-state index contributed by atoms with van der Waals surface area (Å²) in [4.78, 5) is 6.54. The number of aliphatic imine (C=N–C) groups is 1. The molecule has 1 saturated heterocycles. The molecule has 148 valence electrons. The Morgan fingerprint density at radius 2 is 2.19 bits per heavy atom. The number of nitrogens with one attached hydrogen (secondary N) is 1. The first kappa shape index (κ1) is 20.7. The van der Waals surface area contributed by atoms with E-state index < -0.39 is 0 Å². The minimum atomic E-state index is 0.366. The van der Waals surface area contributed by atoms with Crippen LogP contribution in [0.2, 0.25) is 0 Å². The van der Waals surface area contributed by atoms with Gasteiger partial charge in [-0.15, -0.1) is 0 Å². The third-order valence-corrected chi connectivity index (χ3v) is 4.59. The van der Waals surface area contributed by atoms with Gasteiger partial charge in [-0.3, -0.25) is 9.67 Å². The van der Waals surface area contributed by atoms with E-state index in [1.54, 1.807) is 0 Å². The second-order valence-electron chi connectivity index (χ2n) is 7.23. The molecule has 0 radical (unpaired) electrons. The number of nitrogens with zero attached hydrogens (tertiary/aromatic N) is 4. The predicted molar refractivity (Wildman–Crippen MR) is 105 cm³/mol. The lowest BCUT2D eigenvalue weighted by Crippen LogP contribution is -2.39. The minimum absolute atomic E-state index is 0.366. The zero-order valence-electron chi connectivity index (χ0n) is 17.0. The summed E-state index contributed by atoms with van der Waals surface area (Å²) in [6, 6.07) is 0. The Hall–Kier alpha value is -1.60. The molecule has 1 aliphatic rings. The van der Waals surface area contributed by atoms with Crippen LogP contribution in [0.25, 0.3) is 0 Å². The van der Waals surface area contributed by atoms with Crippen LogP contribution >= 0.6 is 0 Å². The Bertz CT molecular complexity index is 564. The number of hydrogen-bond donors (Lipinski definition) is 1. The number of hydrogen-bond acceptors (Lipinski definition) is 4. The zero-order valence-corrected chi connectivity index (χ0v) is 17.0. The highest BCUT2D eigenvalue weighted by Gasteiger charge is 2.15. The van der Waals surface area contributed by atoms with Gasteiger partial charge in [-0.25, -0.2) is 0 Å². The molecule has 7 heteroatoms. The zero-order chi connectivity index (χ0) is 18.9. The molecule has 7 nitrogen and oxygen atoms in total. The molecule has 1 aliphatic heterocycles. The summed E-state index contributed by atoms with van der Waals surface area (Å²) in [5.74, 6) is 1.31. The Labute approximate surface area is 157 Å². The van der Waals surface area contributed by atoms with Gasteiger partial charge >= 0.3 is 0 Å². The van der Waals surface area contributed by atoms with Crippen molar-refractivity contribution in [2.24, 2.45) is 12.0 Å². The second-order valence-corrected chi connectivity index (χ2v) is 7.23. The summed E-state index contributed by atoms with van der Waals surface area (Å²) in [6.45, 7) is 8.43. The van der Waals surface area contributed by atoms with Gasteiger partial charge in [0.15, 0.2) is 5.96 Å². The maximum Gasteiger partial charge on any atom is 0.193 e. The first-order valence-corrected chi connectivity index (χ1v) is 9.64. The molecule has 0 amide bonds. The number of rotatable bonds is 8. The van der Waals surface area contributed by atoms with Crippen LogP contribution in [-0.4, -0.2) is 67.2 Å². The fourth-order valence-electron chi connectivity index (χ4n) is 3.24. The predicted octanol–water partition coefficient (Wildman–Crippen LogP) is 2.14. The van der Waals surface area contributed by atoms with Gasteiger partial charge in [0.1, 0.15) is 0 Å². The maximum absolute atomic E-state index is 5.91. The molecule has 0 saturated carbocycles. The third-order valence-electron chi connectivity index (χ3n) is 4.59. The monoisotopic (exact) mass is 365 g/mol. The smallest absolute Gasteiger partial charge is 0.193 e. The largest absolute Gasteiger partial charge is 0.381 e. The van der Waals surface area contributed by atoms with E-state index in [0.717, 1.165) is 63.8 Å². The fourth-order valence-corrected chi connectivity index (χ4v) is 3.24. The van der Waals surface area contributed by atoms with Gasteiger partial charge in [0, 0.05) is 65.8 Å². The van der Waals surface area contributed by atoms with Gasteiger partial charge in [-0.2, -0.15) is 5.10 Å². The van der Waals surface area contributed by atoms with Gasteiger partial charge in [0.05, 0.1) is 11.8 Å². The quantitative estimate of drug-likeness (QED) is 0.434. The maximum atomic E-state index is 5.91. The summed E-state index contributed by atoms with van der Waals surface area (Å²) in [6.07, 6.45) is 5.46. The van der Waals surface area contributed by atoms with Crippen LogP contribution in [-0.2, 0) is 23.1 Å². The van der Waals surface area contributed by atoms with E-state index in [-0.39, 0.29) is 0 Å². The van der Waals surface area contributed by atoms with Gasteiger partial charge in [-0.1, -0.05) is 13.8 Å². The van der Waals surface area contributed by atoms with E-state index >= 15 is 0 Å². The van der Waals surface area contributed by atoms with Crippen molar-refractivity contribution in [3.63, 3.8) is 0 Å². The van der Waals surface area contributed by atoms with Crippen molar-refractivity contribution in [1.82, 2.24) is 20.0 Å². The molecule has 2 rings (SSSR count). The van der Waals surface area contributed by atoms with E-state index in [2.05, 4.69) is 47.4 Å². The van der Waals surface area contributed by atoms with E-state index in [1.165, 1.54) is 5.56 Å². The molecular formula is C19H35N5O2. The number of aryl methyl sites for hydroxylation is 1. The topological polar surface area (TPSA) is 63.9 Å². The lowest BCUT2D eigenvalue weighted by Gasteiger charge is -2.24. The van der Waals surface area contributed by atoms with E-state index in [1.807, 2.05) is 18.8 Å². The van der Waals surface area contributed by atoms with Crippen molar-refractivity contribution in [2.75, 3.05) is 40.5 Å². The van der Waals surface area contributed by atoms with Crippen molar-refractivity contribution in [3.8, 4) is 0 Å². The fraction of sp³-hybridized carbons (Fsp3) is 0.789. The molecule has 1 aromatic rings. The third kappa shape index (κ3) is 6.29. The molecule has 0 aromatic carbocycles. The lowest BCUT2D eigenvalue weighted by atomic mass is 10.1. The average Bonchev–Trinajstić information content (AvgIpc) is 2.99. The normalized spacial score (nSPS) is 16.3. The first-order chi connectivity index (χ1) is 12.5. The van der Waals surface area contributed by atoms with Crippen LogP contribution in [0.4, 0.5) is 0 Å². The van der Waals surface area contributed by atoms with Crippen LogP contribution in [0.1, 0.15) is 50.3 Å². The summed E-state index contributed by atoms with van der Waals surface area (Å²) in [5, 5.41) is 8.01. The van der Waals surface area contributed by atoms with Gasteiger partial charge < -0.3 is 19.7 Å². The van der Waals surface area contributed by atoms with E-state index in [4.69, 9.17) is 9.47 Å². The first-order valence-electron chi connectivity index (χ1n) is 9.64. The Kier molecular flexibility index (Phi) is 8.38. The molecule has 26 heavy (non-hydrogen) atoms. The average molecular weight is 366 g/mol. The van der Waals surface area contributed by atoms with E-state index in [9.17, 15) is 0 Å². The second kappa shape index (κ2) is 10.5. The highest BCUT2D eigenvalue weighted by molar-refractivity contribution is 5.79. The van der Waals surface area contributed by atoms with Gasteiger partial charge in [0.2, 0.25) is 0 Å². The SMILES string of the molecule is CN=C(NCCCOC1CCOCC1)N(C)Cc1cn(C)nc1C(C)C. The van der Waals surface area contributed by atoms with Crippen molar-refractivity contribution < 1.29 is 9.47 Å². The number of guanidine groups is 1. The molecule has 1 fully saturated rings. The Morgan fingerprint density at radius 3 is 2.85 bits per heavy atom. The summed E-state index contributed by atoms with van der Waals surface area (Å²) in [5.41, 5.74) is 2.40. The molecule has 1 aromatic heterocycles. The highest BCUT2D eigenvalue weighted by atomic mass is 16.5. The molecule has 0 atom stereocenters. The molecule has 0 bridgehead atoms. The van der Waals surface area contributed by atoms with Crippen LogP contribution in [0.15, 0.2) is 11.2 Å². The minimum Gasteiger partial charge on any atom is -0.381 e. The van der Waals surface area contributed by atoms with Crippen molar-refractivity contribution in [2.45, 2.75) is 51.7 Å². The van der Waals surface area contributed by atoms with Gasteiger partial charge in [-0.05, 0) is 25.2 Å². The van der Waals surface area contributed by atoms with Crippen LogP contribution in [0.5, 0.6) is 0 Å². The molecule has 2 heterocycles. The van der Waals surface area contributed by atoms with Crippen molar-refractivity contribution >= 4 is 5.96 Å². The molecule has 0 aliphatic carbocycles. The summed E-state index contributed by atoms with van der Waals surface area (Å²) < 4.78 is 13.2. The molecule has 0 spiro atoms. The number of aromatic nitrogens is 2. The van der Waals surface area contributed by atoms with Crippen molar-refractivity contribution in [3.05, 3.63) is 17.5 Å². The summed E-state index contributed by atoms with van der Waals surface area (Å²) in [7, 11) is 5.86. The van der Waals surface area contributed by atoms with Crippen molar-refractivity contribution in [1.29, 1.82) is 0 Å². The van der Waals surface area contributed by atoms with E-state index in [0.29, 0.717) is 12.0 Å². The lowest BCUT2D eigenvalue weighted by molar-refractivity contribution is -0.0320. The summed E-state index contributed by atoms with van der Waals surface area (Å²) >= 11 is 0. The van der Waals surface area contributed by atoms with Crippen LogP contribution < -0.4 is 5.32 Å². The Morgan fingerprint density at radius 1 is 1.46 bits per heavy atom. The van der Waals surface area contributed by atoms with Crippen LogP contribution in [0, 0.1) is 0 Å².